The fraction of sp³-hybridized carbons (Fsp3) is 0.556. The molecule has 0 radical (unpaired) electrons. The summed E-state index contributed by atoms with van der Waals surface area (Å²) in [5, 5.41) is 0. The van der Waals surface area contributed by atoms with Crippen molar-refractivity contribution >= 4 is 5.95 Å². The van der Waals surface area contributed by atoms with Crippen molar-refractivity contribution in [1.82, 2.24) is 9.97 Å². The van der Waals surface area contributed by atoms with Crippen LogP contribution < -0.4 is 4.90 Å². The molecule has 1 aromatic rings. The van der Waals surface area contributed by atoms with Gasteiger partial charge in [0.1, 0.15) is 6.23 Å². The molecule has 0 aliphatic carbocycles. The number of methoxy groups -OCH3 is 1. The van der Waals surface area contributed by atoms with Crippen molar-refractivity contribution in [3.05, 3.63) is 18.5 Å². The highest BCUT2D eigenvalue weighted by molar-refractivity contribution is 5.30. The maximum Gasteiger partial charge on any atom is 0.227 e. The summed E-state index contributed by atoms with van der Waals surface area (Å²) in [4.78, 5) is 10.5. The Morgan fingerprint density at radius 3 is 2.92 bits per heavy atom. The van der Waals surface area contributed by atoms with Crippen molar-refractivity contribution in [3.8, 4) is 0 Å². The highest BCUT2D eigenvalue weighted by Gasteiger charge is 2.25. The Labute approximate surface area is 77.6 Å². The summed E-state index contributed by atoms with van der Waals surface area (Å²) in [6, 6.07) is 1.82. The Balaban J connectivity index is 2.16. The van der Waals surface area contributed by atoms with Gasteiger partial charge in [0.15, 0.2) is 0 Å². The van der Waals surface area contributed by atoms with E-state index in [-0.39, 0.29) is 6.23 Å². The Morgan fingerprint density at radius 1 is 1.46 bits per heavy atom. The first kappa shape index (κ1) is 8.44. The molecule has 1 aliphatic rings. The maximum atomic E-state index is 5.32. The first-order valence-electron chi connectivity index (χ1n) is 4.48. The van der Waals surface area contributed by atoms with Crippen LogP contribution in [0.25, 0.3) is 0 Å². The fourth-order valence-corrected chi connectivity index (χ4v) is 1.65. The Hall–Kier alpha value is -1.16. The number of ether oxygens (including phenoxy) is 1. The lowest BCUT2D eigenvalue weighted by Gasteiger charge is -2.22. The van der Waals surface area contributed by atoms with Crippen LogP contribution in [0, 0.1) is 0 Å². The molecule has 1 atom stereocenters. The van der Waals surface area contributed by atoms with Gasteiger partial charge in [0, 0.05) is 26.0 Å². The number of rotatable bonds is 2. The summed E-state index contributed by atoms with van der Waals surface area (Å²) >= 11 is 0. The fourth-order valence-electron chi connectivity index (χ4n) is 1.65. The van der Waals surface area contributed by atoms with Gasteiger partial charge in [-0.05, 0) is 18.9 Å². The summed E-state index contributed by atoms with van der Waals surface area (Å²) in [6.07, 6.45) is 5.88. The van der Waals surface area contributed by atoms with E-state index in [0.29, 0.717) is 0 Å². The normalized spacial score (nSPS) is 22.2. The Morgan fingerprint density at radius 2 is 2.23 bits per heavy atom. The molecule has 4 heteroatoms. The third-order valence-corrected chi connectivity index (χ3v) is 2.28. The molecular weight excluding hydrogens is 166 g/mol. The number of hydrogen-bond acceptors (Lipinski definition) is 4. The SMILES string of the molecule is COC1CCCN1c1ncccn1. The van der Waals surface area contributed by atoms with Crippen molar-refractivity contribution in [1.29, 1.82) is 0 Å². The van der Waals surface area contributed by atoms with Crippen LogP contribution in [-0.4, -0.2) is 29.9 Å². The predicted molar refractivity (Wildman–Crippen MR) is 49.4 cm³/mol. The van der Waals surface area contributed by atoms with Crippen molar-refractivity contribution in [2.24, 2.45) is 0 Å². The average Bonchev–Trinajstić information content (AvgIpc) is 2.67. The van der Waals surface area contributed by atoms with Gasteiger partial charge in [0.05, 0.1) is 0 Å². The molecule has 70 valence electrons. The van der Waals surface area contributed by atoms with Crippen molar-refractivity contribution in [2.75, 3.05) is 18.6 Å². The number of anilines is 1. The van der Waals surface area contributed by atoms with Crippen molar-refractivity contribution in [3.63, 3.8) is 0 Å². The first-order valence-corrected chi connectivity index (χ1v) is 4.48. The Kier molecular flexibility index (Phi) is 2.40. The molecule has 1 unspecified atom stereocenters. The molecule has 0 spiro atoms. The van der Waals surface area contributed by atoms with Gasteiger partial charge in [-0.2, -0.15) is 0 Å². The van der Waals surface area contributed by atoms with Crippen LogP contribution >= 0.6 is 0 Å². The molecule has 2 rings (SSSR count). The second-order valence-electron chi connectivity index (χ2n) is 3.07. The monoisotopic (exact) mass is 179 g/mol. The van der Waals surface area contributed by atoms with Crippen LogP contribution in [0.15, 0.2) is 18.5 Å². The van der Waals surface area contributed by atoms with Crippen LogP contribution in [0.3, 0.4) is 0 Å². The van der Waals surface area contributed by atoms with E-state index in [4.69, 9.17) is 4.74 Å². The molecular formula is C9H13N3O. The van der Waals surface area contributed by atoms with Gasteiger partial charge < -0.3 is 9.64 Å². The summed E-state index contributed by atoms with van der Waals surface area (Å²) in [5.74, 6) is 0.770. The zero-order valence-electron chi connectivity index (χ0n) is 7.68. The zero-order chi connectivity index (χ0) is 9.10. The average molecular weight is 179 g/mol. The minimum Gasteiger partial charge on any atom is -0.362 e. The van der Waals surface area contributed by atoms with E-state index in [2.05, 4.69) is 14.9 Å². The summed E-state index contributed by atoms with van der Waals surface area (Å²) in [7, 11) is 1.73. The second-order valence-corrected chi connectivity index (χ2v) is 3.07. The molecule has 1 aromatic heterocycles. The minimum absolute atomic E-state index is 0.155. The molecule has 13 heavy (non-hydrogen) atoms. The highest BCUT2D eigenvalue weighted by Crippen LogP contribution is 2.21. The zero-order valence-corrected chi connectivity index (χ0v) is 7.68. The number of nitrogens with zero attached hydrogens (tertiary/aromatic N) is 3. The van der Waals surface area contributed by atoms with Crippen LogP contribution in [0.4, 0.5) is 5.95 Å². The van der Waals surface area contributed by atoms with E-state index in [9.17, 15) is 0 Å². The van der Waals surface area contributed by atoms with E-state index < -0.39 is 0 Å². The number of aromatic nitrogens is 2. The lowest BCUT2D eigenvalue weighted by atomic mass is 10.4. The van der Waals surface area contributed by atoms with Crippen LogP contribution in [0.1, 0.15) is 12.8 Å². The molecule has 0 N–H and O–H groups in total. The topological polar surface area (TPSA) is 38.2 Å². The highest BCUT2D eigenvalue weighted by atomic mass is 16.5. The van der Waals surface area contributed by atoms with E-state index in [1.54, 1.807) is 19.5 Å². The van der Waals surface area contributed by atoms with Gasteiger partial charge in [0.25, 0.3) is 0 Å². The second kappa shape index (κ2) is 3.70. The van der Waals surface area contributed by atoms with Gasteiger partial charge >= 0.3 is 0 Å². The third-order valence-electron chi connectivity index (χ3n) is 2.28. The lowest BCUT2D eigenvalue weighted by Crippen LogP contribution is -2.31. The largest absolute Gasteiger partial charge is 0.362 e. The van der Waals surface area contributed by atoms with E-state index in [1.165, 1.54) is 0 Å². The predicted octanol–water partition coefficient (Wildman–Crippen LogP) is 1.05. The van der Waals surface area contributed by atoms with Crippen molar-refractivity contribution < 1.29 is 4.74 Å². The summed E-state index contributed by atoms with van der Waals surface area (Å²) in [6.45, 7) is 0.989. The molecule has 0 bridgehead atoms. The first-order chi connectivity index (χ1) is 6.42. The van der Waals surface area contributed by atoms with Gasteiger partial charge in [-0.15, -0.1) is 0 Å². The number of hydrogen-bond donors (Lipinski definition) is 0. The quantitative estimate of drug-likeness (QED) is 0.680. The van der Waals surface area contributed by atoms with Gasteiger partial charge in [-0.1, -0.05) is 0 Å². The van der Waals surface area contributed by atoms with Gasteiger partial charge in [0.2, 0.25) is 5.95 Å². The molecule has 0 amide bonds. The van der Waals surface area contributed by atoms with Crippen LogP contribution in [-0.2, 0) is 4.74 Å². The smallest absolute Gasteiger partial charge is 0.227 e. The summed E-state index contributed by atoms with van der Waals surface area (Å²) < 4.78 is 5.32. The molecule has 2 heterocycles. The minimum atomic E-state index is 0.155. The molecule has 4 nitrogen and oxygen atoms in total. The van der Waals surface area contributed by atoms with E-state index in [1.807, 2.05) is 6.07 Å². The molecule has 1 saturated heterocycles. The maximum absolute atomic E-state index is 5.32. The molecule has 1 aliphatic heterocycles. The van der Waals surface area contributed by atoms with Gasteiger partial charge in [-0.25, -0.2) is 9.97 Å². The lowest BCUT2D eigenvalue weighted by molar-refractivity contribution is 0.110. The van der Waals surface area contributed by atoms with Crippen LogP contribution in [0.5, 0.6) is 0 Å². The Bertz CT molecular complexity index is 265. The molecule has 1 fully saturated rings. The van der Waals surface area contributed by atoms with E-state index in [0.717, 1.165) is 25.3 Å². The van der Waals surface area contributed by atoms with E-state index >= 15 is 0 Å². The van der Waals surface area contributed by atoms with Crippen molar-refractivity contribution in [2.45, 2.75) is 19.1 Å². The van der Waals surface area contributed by atoms with Gasteiger partial charge in [-0.3, -0.25) is 0 Å². The standard InChI is InChI=1S/C9H13N3O/c1-13-8-4-2-7-12(8)9-10-5-3-6-11-9/h3,5-6,8H,2,4,7H2,1H3. The molecule has 0 aromatic carbocycles. The summed E-state index contributed by atoms with van der Waals surface area (Å²) in [5.41, 5.74) is 0. The molecule has 0 saturated carbocycles. The van der Waals surface area contributed by atoms with Crippen LogP contribution in [0.2, 0.25) is 0 Å². The third kappa shape index (κ3) is 1.62.